The molecule has 160 valence electrons. The van der Waals surface area contributed by atoms with Crippen LogP contribution in [0.1, 0.15) is 34.6 Å². The lowest BCUT2D eigenvalue weighted by Gasteiger charge is -2.30. The maximum absolute atomic E-state index is 12.3. The number of aromatic nitrogens is 1. The van der Waals surface area contributed by atoms with Gasteiger partial charge in [0.25, 0.3) is 0 Å². The molecule has 0 atom stereocenters. The Kier molecular flexibility index (Phi) is 8.51. The molecule has 11 heteroatoms. The molecule has 1 N–H and O–H groups in total. The number of nitrogens with one attached hydrogen (secondary N) is 1. The molecule has 0 aliphatic rings. The number of hydrogen-bond acceptors (Lipinski definition) is 6. The van der Waals surface area contributed by atoms with Crippen LogP contribution in [-0.2, 0) is 14.9 Å². The Hall–Kier alpha value is -1.59. The molecule has 1 heterocycles. The molecule has 0 spiro atoms. The highest BCUT2D eigenvalue weighted by atomic mass is 79.9. The summed E-state index contributed by atoms with van der Waals surface area (Å²) in [4.78, 5) is 18.0. The zero-order chi connectivity index (χ0) is 21.7. The number of amides is 1. The predicted molar refractivity (Wildman–Crippen MR) is 112 cm³/mol. The van der Waals surface area contributed by atoms with Gasteiger partial charge in [-0.25, -0.2) is 9.78 Å². The molecule has 0 aliphatic heterocycles. The smallest absolute Gasteiger partial charge is 0.410 e. The summed E-state index contributed by atoms with van der Waals surface area (Å²) in [5.74, 6) is 0.113. The van der Waals surface area contributed by atoms with Gasteiger partial charge in [0.1, 0.15) is 17.9 Å². The van der Waals surface area contributed by atoms with E-state index in [0.717, 1.165) is 4.31 Å². The SMILES string of the molecule is CC(C)N(CCOc1ncc(Br)cc1NS(=O)(=O)N(C)C)C(=O)OC(C)(C)C. The summed E-state index contributed by atoms with van der Waals surface area (Å²) in [6.07, 6.45) is 1.06. The fraction of sp³-hybridized carbons (Fsp3) is 0.647. The lowest BCUT2D eigenvalue weighted by molar-refractivity contribution is 0.0163. The van der Waals surface area contributed by atoms with Crippen LogP contribution in [0, 0.1) is 0 Å². The number of pyridine rings is 1. The number of hydrogen-bond donors (Lipinski definition) is 1. The van der Waals surface area contributed by atoms with Gasteiger partial charge in [-0.05, 0) is 56.6 Å². The molecule has 0 aliphatic carbocycles. The third kappa shape index (κ3) is 7.80. The van der Waals surface area contributed by atoms with Crippen LogP contribution in [0.4, 0.5) is 10.5 Å². The Balaban J connectivity index is 2.87. The highest BCUT2D eigenvalue weighted by Gasteiger charge is 2.24. The summed E-state index contributed by atoms with van der Waals surface area (Å²) in [7, 11) is -0.896. The number of carbonyl (C=O) groups is 1. The first-order chi connectivity index (χ1) is 12.7. The average Bonchev–Trinajstić information content (AvgIpc) is 2.50. The minimum atomic E-state index is -3.72. The van der Waals surface area contributed by atoms with Crippen molar-refractivity contribution in [3.63, 3.8) is 0 Å². The van der Waals surface area contributed by atoms with Crippen molar-refractivity contribution in [1.82, 2.24) is 14.2 Å². The Labute approximate surface area is 175 Å². The van der Waals surface area contributed by atoms with E-state index in [1.54, 1.807) is 26.8 Å². The van der Waals surface area contributed by atoms with Crippen molar-refractivity contribution < 1.29 is 22.7 Å². The molecule has 0 bridgehead atoms. The van der Waals surface area contributed by atoms with E-state index in [0.29, 0.717) is 4.47 Å². The fourth-order valence-electron chi connectivity index (χ4n) is 1.97. The summed E-state index contributed by atoms with van der Waals surface area (Å²) in [6, 6.07) is 1.46. The van der Waals surface area contributed by atoms with Gasteiger partial charge in [-0.2, -0.15) is 12.7 Å². The molecule has 0 radical (unpaired) electrons. The van der Waals surface area contributed by atoms with Gasteiger partial charge in [-0.3, -0.25) is 4.72 Å². The quantitative estimate of drug-likeness (QED) is 0.613. The van der Waals surface area contributed by atoms with E-state index in [9.17, 15) is 13.2 Å². The Morgan fingerprint density at radius 1 is 1.32 bits per heavy atom. The minimum absolute atomic E-state index is 0.0944. The van der Waals surface area contributed by atoms with Crippen LogP contribution >= 0.6 is 15.9 Å². The van der Waals surface area contributed by atoms with Crippen LogP contribution < -0.4 is 9.46 Å². The zero-order valence-electron chi connectivity index (χ0n) is 17.3. The van der Waals surface area contributed by atoms with Crippen LogP contribution in [-0.4, -0.2) is 67.6 Å². The number of anilines is 1. The van der Waals surface area contributed by atoms with E-state index < -0.39 is 21.9 Å². The van der Waals surface area contributed by atoms with Crippen molar-refractivity contribution in [3.05, 3.63) is 16.7 Å². The van der Waals surface area contributed by atoms with Gasteiger partial charge in [0.2, 0.25) is 5.88 Å². The van der Waals surface area contributed by atoms with Gasteiger partial charge in [0, 0.05) is 30.8 Å². The van der Waals surface area contributed by atoms with Crippen LogP contribution in [0.25, 0.3) is 0 Å². The van der Waals surface area contributed by atoms with Gasteiger partial charge in [-0.15, -0.1) is 0 Å². The molecule has 1 rings (SSSR count). The molecule has 1 aromatic rings. The Bertz CT molecular complexity index is 778. The lowest BCUT2D eigenvalue weighted by atomic mass is 10.2. The van der Waals surface area contributed by atoms with Crippen LogP contribution in [0.3, 0.4) is 0 Å². The van der Waals surface area contributed by atoms with Crippen molar-refractivity contribution in [2.24, 2.45) is 0 Å². The number of rotatable bonds is 8. The van der Waals surface area contributed by atoms with E-state index in [1.807, 2.05) is 13.8 Å². The summed E-state index contributed by atoms with van der Waals surface area (Å²) >= 11 is 3.26. The molecule has 0 unspecified atom stereocenters. The van der Waals surface area contributed by atoms with Gasteiger partial charge < -0.3 is 14.4 Å². The van der Waals surface area contributed by atoms with Crippen LogP contribution in [0.15, 0.2) is 16.7 Å². The predicted octanol–water partition coefficient (Wildman–Crippen LogP) is 3.09. The molecule has 9 nitrogen and oxygen atoms in total. The van der Waals surface area contributed by atoms with Gasteiger partial charge in [0.15, 0.2) is 0 Å². The second kappa shape index (κ2) is 9.75. The normalized spacial score (nSPS) is 12.2. The minimum Gasteiger partial charge on any atom is -0.474 e. The standard InChI is InChI=1S/C17H29BrN4O5S/c1-12(2)22(16(23)27-17(3,4)5)8-9-26-15-14(10-13(18)11-19-15)20-28(24,25)21(6)7/h10-12,20H,8-9H2,1-7H3. The van der Waals surface area contributed by atoms with Crippen molar-refractivity contribution in [3.8, 4) is 5.88 Å². The highest BCUT2D eigenvalue weighted by molar-refractivity contribution is 9.10. The van der Waals surface area contributed by atoms with Crippen molar-refractivity contribution in [2.75, 3.05) is 32.0 Å². The molecule has 0 aromatic carbocycles. The van der Waals surface area contributed by atoms with E-state index in [4.69, 9.17) is 9.47 Å². The molecule has 28 heavy (non-hydrogen) atoms. The zero-order valence-corrected chi connectivity index (χ0v) is 19.7. The van der Waals surface area contributed by atoms with Crippen molar-refractivity contribution in [2.45, 2.75) is 46.3 Å². The van der Waals surface area contributed by atoms with Gasteiger partial charge >= 0.3 is 16.3 Å². The van der Waals surface area contributed by atoms with Crippen LogP contribution in [0.2, 0.25) is 0 Å². The maximum atomic E-state index is 12.3. The number of carbonyl (C=O) groups excluding carboxylic acids is 1. The third-order valence-electron chi connectivity index (χ3n) is 3.36. The summed E-state index contributed by atoms with van der Waals surface area (Å²) in [6.45, 7) is 9.52. The molecule has 1 amide bonds. The first-order valence-electron chi connectivity index (χ1n) is 8.71. The highest BCUT2D eigenvalue weighted by Crippen LogP contribution is 2.26. The Morgan fingerprint density at radius 3 is 2.43 bits per heavy atom. The molecule has 0 saturated heterocycles. The molecule has 1 aromatic heterocycles. The summed E-state index contributed by atoms with van der Waals surface area (Å²) < 4.78 is 39.3. The molecular formula is C17H29BrN4O5S. The molecule has 0 saturated carbocycles. The fourth-order valence-corrected chi connectivity index (χ4v) is 2.90. The van der Waals surface area contributed by atoms with E-state index in [2.05, 4.69) is 25.6 Å². The monoisotopic (exact) mass is 480 g/mol. The number of halogens is 1. The molecular weight excluding hydrogens is 452 g/mol. The summed E-state index contributed by atoms with van der Waals surface area (Å²) in [5, 5.41) is 0. The van der Waals surface area contributed by atoms with E-state index >= 15 is 0 Å². The van der Waals surface area contributed by atoms with Gasteiger partial charge in [-0.1, -0.05) is 0 Å². The third-order valence-corrected chi connectivity index (χ3v) is 5.23. The largest absolute Gasteiger partial charge is 0.474 e. The average molecular weight is 481 g/mol. The van der Waals surface area contributed by atoms with E-state index in [-0.39, 0.29) is 30.8 Å². The molecule has 0 fully saturated rings. The van der Waals surface area contributed by atoms with Crippen molar-refractivity contribution >= 4 is 37.9 Å². The second-order valence-corrected chi connectivity index (χ2v) is 10.3. The van der Waals surface area contributed by atoms with Crippen molar-refractivity contribution in [1.29, 1.82) is 0 Å². The van der Waals surface area contributed by atoms with E-state index in [1.165, 1.54) is 25.2 Å². The van der Waals surface area contributed by atoms with Gasteiger partial charge in [0.05, 0.1) is 6.54 Å². The summed E-state index contributed by atoms with van der Waals surface area (Å²) in [5.41, 5.74) is -0.410. The number of nitrogens with zero attached hydrogens (tertiary/aromatic N) is 3. The second-order valence-electron chi connectivity index (χ2n) is 7.51. The first kappa shape index (κ1) is 24.4. The first-order valence-corrected chi connectivity index (χ1v) is 10.9. The Morgan fingerprint density at radius 2 is 1.93 bits per heavy atom. The number of ether oxygens (including phenoxy) is 2. The topological polar surface area (TPSA) is 101 Å². The maximum Gasteiger partial charge on any atom is 0.410 e. The van der Waals surface area contributed by atoms with Crippen LogP contribution in [0.5, 0.6) is 5.88 Å². The lowest BCUT2D eigenvalue weighted by Crippen LogP contribution is -2.43.